The molecule has 1 aromatic heterocycles. The number of pyridine rings is 1. The van der Waals surface area contributed by atoms with Crippen molar-refractivity contribution in [3.63, 3.8) is 0 Å². The summed E-state index contributed by atoms with van der Waals surface area (Å²) in [4.78, 5) is 31.7. The second kappa shape index (κ2) is 7.17. The maximum atomic E-state index is 12.0. The SMILES string of the molecule is Cc1nc(N2CCC(CCO)CC2)ccc1N1CCC(=O)NC1=O. The lowest BCUT2D eigenvalue weighted by atomic mass is 9.94. The zero-order valence-corrected chi connectivity index (χ0v) is 14.0. The van der Waals surface area contributed by atoms with E-state index in [1.807, 2.05) is 19.1 Å². The first kappa shape index (κ1) is 16.7. The summed E-state index contributed by atoms with van der Waals surface area (Å²) >= 11 is 0. The molecule has 0 saturated carbocycles. The van der Waals surface area contributed by atoms with Crippen molar-refractivity contribution < 1.29 is 14.7 Å². The molecule has 0 unspecified atom stereocenters. The van der Waals surface area contributed by atoms with Crippen LogP contribution >= 0.6 is 0 Å². The van der Waals surface area contributed by atoms with Gasteiger partial charge in [-0.3, -0.25) is 15.0 Å². The normalized spacial score (nSPS) is 19.6. The molecule has 3 rings (SSSR count). The van der Waals surface area contributed by atoms with Crippen molar-refractivity contribution >= 4 is 23.4 Å². The van der Waals surface area contributed by atoms with Gasteiger partial charge in [0.1, 0.15) is 5.82 Å². The van der Waals surface area contributed by atoms with Crippen LogP contribution in [0, 0.1) is 12.8 Å². The highest BCUT2D eigenvalue weighted by atomic mass is 16.3. The molecule has 2 saturated heterocycles. The Morgan fingerprint density at radius 3 is 2.62 bits per heavy atom. The second-order valence-corrected chi connectivity index (χ2v) is 6.47. The van der Waals surface area contributed by atoms with E-state index in [0.717, 1.165) is 49.6 Å². The number of aromatic nitrogens is 1. The molecule has 0 aromatic carbocycles. The molecule has 2 aliphatic rings. The van der Waals surface area contributed by atoms with Gasteiger partial charge in [-0.25, -0.2) is 9.78 Å². The summed E-state index contributed by atoms with van der Waals surface area (Å²) in [5.74, 6) is 1.29. The number of imide groups is 1. The summed E-state index contributed by atoms with van der Waals surface area (Å²) in [6, 6.07) is 3.47. The Kier molecular flexibility index (Phi) is 4.99. The van der Waals surface area contributed by atoms with E-state index in [2.05, 4.69) is 15.2 Å². The average Bonchev–Trinajstić information content (AvgIpc) is 2.56. The number of nitrogens with one attached hydrogen (secondary N) is 1. The molecule has 0 bridgehead atoms. The summed E-state index contributed by atoms with van der Waals surface area (Å²) in [6.45, 7) is 4.42. The molecule has 0 spiro atoms. The number of carbonyl (C=O) groups is 2. The van der Waals surface area contributed by atoms with Gasteiger partial charge in [-0.05, 0) is 44.2 Å². The van der Waals surface area contributed by atoms with Crippen LogP contribution in [0.25, 0.3) is 0 Å². The third kappa shape index (κ3) is 3.51. The minimum absolute atomic E-state index is 0.232. The monoisotopic (exact) mass is 332 g/mol. The van der Waals surface area contributed by atoms with E-state index in [-0.39, 0.29) is 18.5 Å². The van der Waals surface area contributed by atoms with Gasteiger partial charge in [0, 0.05) is 32.7 Å². The molecule has 0 aliphatic carbocycles. The quantitative estimate of drug-likeness (QED) is 0.871. The summed E-state index contributed by atoms with van der Waals surface area (Å²) < 4.78 is 0. The standard InChI is InChI=1S/C17H24N4O3/c1-12-14(21-10-6-16(23)19-17(21)24)2-3-15(18-12)20-8-4-13(5-9-20)7-11-22/h2-3,13,22H,4-11H2,1H3,(H,19,23,24). The molecular weight excluding hydrogens is 308 g/mol. The fourth-order valence-corrected chi connectivity index (χ4v) is 3.43. The van der Waals surface area contributed by atoms with E-state index in [9.17, 15) is 9.59 Å². The lowest BCUT2D eigenvalue weighted by Gasteiger charge is -2.33. The van der Waals surface area contributed by atoms with Crippen molar-refractivity contribution in [1.29, 1.82) is 0 Å². The van der Waals surface area contributed by atoms with Crippen molar-refractivity contribution in [2.24, 2.45) is 5.92 Å². The first-order valence-electron chi connectivity index (χ1n) is 8.53. The largest absolute Gasteiger partial charge is 0.396 e. The van der Waals surface area contributed by atoms with E-state index in [0.29, 0.717) is 18.9 Å². The maximum Gasteiger partial charge on any atom is 0.328 e. The predicted molar refractivity (Wildman–Crippen MR) is 91.1 cm³/mol. The molecule has 24 heavy (non-hydrogen) atoms. The van der Waals surface area contributed by atoms with Gasteiger partial charge in [-0.2, -0.15) is 0 Å². The molecule has 1 aromatic rings. The number of carbonyl (C=O) groups excluding carboxylic acids is 2. The number of urea groups is 1. The van der Waals surface area contributed by atoms with E-state index in [1.165, 1.54) is 0 Å². The molecule has 2 aliphatic heterocycles. The molecular formula is C17H24N4O3. The van der Waals surface area contributed by atoms with E-state index < -0.39 is 0 Å². The van der Waals surface area contributed by atoms with E-state index in [1.54, 1.807) is 4.90 Å². The van der Waals surface area contributed by atoms with Crippen LogP contribution < -0.4 is 15.1 Å². The van der Waals surface area contributed by atoms with E-state index >= 15 is 0 Å². The second-order valence-electron chi connectivity index (χ2n) is 6.47. The average molecular weight is 332 g/mol. The zero-order valence-electron chi connectivity index (χ0n) is 14.0. The van der Waals surface area contributed by atoms with Crippen LogP contribution in [0.15, 0.2) is 12.1 Å². The van der Waals surface area contributed by atoms with Crippen LogP contribution in [-0.2, 0) is 4.79 Å². The smallest absolute Gasteiger partial charge is 0.328 e. The molecule has 3 amide bonds. The number of hydrogen-bond donors (Lipinski definition) is 2. The Morgan fingerprint density at radius 1 is 1.25 bits per heavy atom. The lowest BCUT2D eigenvalue weighted by molar-refractivity contribution is -0.120. The molecule has 2 N–H and O–H groups in total. The van der Waals surface area contributed by atoms with Gasteiger partial charge in [0.25, 0.3) is 0 Å². The van der Waals surface area contributed by atoms with Gasteiger partial charge in [-0.15, -0.1) is 0 Å². The number of hydrogen-bond acceptors (Lipinski definition) is 5. The van der Waals surface area contributed by atoms with Crippen LogP contribution in [0.4, 0.5) is 16.3 Å². The number of aliphatic hydroxyl groups is 1. The van der Waals surface area contributed by atoms with Gasteiger partial charge in [0.2, 0.25) is 5.91 Å². The molecule has 7 nitrogen and oxygen atoms in total. The third-order valence-corrected chi connectivity index (χ3v) is 4.86. The van der Waals surface area contributed by atoms with Crippen LogP contribution in [0.1, 0.15) is 31.4 Å². The minimum Gasteiger partial charge on any atom is -0.396 e. The Hall–Kier alpha value is -2.15. The van der Waals surface area contributed by atoms with Crippen LogP contribution in [0.2, 0.25) is 0 Å². The summed E-state index contributed by atoms with van der Waals surface area (Å²) in [6.07, 6.45) is 3.33. The fraction of sp³-hybridized carbons (Fsp3) is 0.588. The number of anilines is 2. The van der Waals surface area contributed by atoms with Crippen LogP contribution in [0.3, 0.4) is 0 Å². The van der Waals surface area contributed by atoms with Crippen LogP contribution in [0.5, 0.6) is 0 Å². The lowest BCUT2D eigenvalue weighted by Crippen LogP contribution is -2.49. The van der Waals surface area contributed by atoms with Gasteiger partial charge in [0.05, 0.1) is 11.4 Å². The number of rotatable bonds is 4. The Morgan fingerprint density at radius 2 is 2.00 bits per heavy atom. The van der Waals surface area contributed by atoms with Gasteiger partial charge < -0.3 is 10.0 Å². The van der Waals surface area contributed by atoms with Crippen molar-refractivity contribution in [2.75, 3.05) is 36.0 Å². The molecule has 7 heteroatoms. The van der Waals surface area contributed by atoms with Gasteiger partial charge in [0.15, 0.2) is 0 Å². The maximum absolute atomic E-state index is 12.0. The number of aliphatic hydroxyl groups excluding tert-OH is 1. The molecule has 130 valence electrons. The van der Waals surface area contributed by atoms with Gasteiger partial charge >= 0.3 is 6.03 Å². The number of amides is 3. The summed E-state index contributed by atoms with van der Waals surface area (Å²) in [7, 11) is 0. The van der Waals surface area contributed by atoms with Crippen molar-refractivity contribution in [3.8, 4) is 0 Å². The first-order valence-corrected chi connectivity index (χ1v) is 8.53. The first-order chi connectivity index (χ1) is 11.6. The third-order valence-electron chi connectivity index (χ3n) is 4.86. The Balaban J connectivity index is 1.69. The fourth-order valence-electron chi connectivity index (χ4n) is 3.43. The molecule has 3 heterocycles. The highest BCUT2D eigenvalue weighted by molar-refractivity contribution is 6.05. The number of nitrogens with zero attached hydrogens (tertiary/aromatic N) is 3. The number of aryl methyl sites for hydroxylation is 1. The van der Waals surface area contributed by atoms with Gasteiger partial charge in [-0.1, -0.05) is 0 Å². The van der Waals surface area contributed by atoms with E-state index in [4.69, 9.17) is 5.11 Å². The Labute approximate surface area is 141 Å². The number of piperidine rings is 1. The zero-order chi connectivity index (χ0) is 17.1. The predicted octanol–water partition coefficient (Wildman–Crippen LogP) is 1.44. The topological polar surface area (TPSA) is 85.8 Å². The summed E-state index contributed by atoms with van der Waals surface area (Å²) in [5.41, 5.74) is 1.54. The highest BCUT2D eigenvalue weighted by Crippen LogP contribution is 2.27. The molecule has 0 radical (unpaired) electrons. The molecule has 2 fully saturated rings. The van der Waals surface area contributed by atoms with Crippen molar-refractivity contribution in [2.45, 2.75) is 32.6 Å². The molecule has 0 atom stereocenters. The summed E-state index contributed by atoms with van der Waals surface area (Å²) in [5, 5.41) is 11.4. The highest BCUT2D eigenvalue weighted by Gasteiger charge is 2.26. The van der Waals surface area contributed by atoms with Crippen molar-refractivity contribution in [3.05, 3.63) is 17.8 Å². The minimum atomic E-state index is -0.381. The Bertz CT molecular complexity index is 626. The van der Waals surface area contributed by atoms with Crippen LogP contribution in [-0.4, -0.2) is 48.3 Å². The van der Waals surface area contributed by atoms with Crippen molar-refractivity contribution in [1.82, 2.24) is 10.3 Å².